The van der Waals surface area contributed by atoms with E-state index in [4.69, 9.17) is 0 Å². The summed E-state index contributed by atoms with van der Waals surface area (Å²) in [5.41, 5.74) is 3.95. The molecule has 1 heteroatoms. The maximum absolute atomic E-state index is 10.2. The topological polar surface area (TPSA) is 20.2 Å². The molecule has 0 bridgehead atoms. The smallest absolute Gasteiger partial charge is 0.0608 e. The Hall–Kier alpha value is -0.820. The molecule has 1 aromatic rings. The van der Waals surface area contributed by atoms with E-state index in [1.807, 2.05) is 0 Å². The van der Waals surface area contributed by atoms with Gasteiger partial charge < -0.3 is 5.11 Å². The zero-order valence-corrected chi connectivity index (χ0v) is 10.5. The van der Waals surface area contributed by atoms with E-state index in [9.17, 15) is 5.11 Å². The molecule has 0 spiro atoms. The van der Waals surface area contributed by atoms with Crippen molar-refractivity contribution in [2.24, 2.45) is 11.8 Å². The van der Waals surface area contributed by atoms with Gasteiger partial charge in [0.1, 0.15) is 0 Å². The summed E-state index contributed by atoms with van der Waals surface area (Å²) >= 11 is 0. The normalized spacial score (nSPS) is 19.5. The van der Waals surface area contributed by atoms with E-state index in [2.05, 4.69) is 39.0 Å². The minimum Gasteiger partial charge on any atom is -0.392 e. The van der Waals surface area contributed by atoms with Crippen LogP contribution in [-0.2, 0) is 6.42 Å². The second-order valence-electron chi connectivity index (χ2n) is 5.34. The van der Waals surface area contributed by atoms with Gasteiger partial charge in [0, 0.05) is 0 Å². The predicted octanol–water partition coefficient (Wildman–Crippen LogP) is 3.25. The molecule has 1 nitrogen and oxygen atoms in total. The van der Waals surface area contributed by atoms with Crippen LogP contribution in [0.2, 0.25) is 0 Å². The second kappa shape index (κ2) is 4.58. The first-order valence-electron chi connectivity index (χ1n) is 6.32. The molecule has 0 aliphatic heterocycles. The Morgan fingerprint density at radius 3 is 2.31 bits per heavy atom. The van der Waals surface area contributed by atoms with Crippen LogP contribution >= 0.6 is 0 Å². The van der Waals surface area contributed by atoms with Gasteiger partial charge in [-0.15, -0.1) is 0 Å². The maximum Gasteiger partial charge on any atom is 0.0608 e. The van der Waals surface area contributed by atoms with Gasteiger partial charge in [0.05, 0.1) is 6.10 Å². The van der Waals surface area contributed by atoms with Gasteiger partial charge in [0.2, 0.25) is 0 Å². The molecule has 1 aliphatic carbocycles. The van der Waals surface area contributed by atoms with Crippen molar-refractivity contribution < 1.29 is 5.11 Å². The first-order chi connectivity index (χ1) is 7.59. The molecule has 2 atom stereocenters. The van der Waals surface area contributed by atoms with Crippen LogP contribution in [-0.4, -0.2) is 11.2 Å². The molecule has 1 fully saturated rings. The lowest BCUT2D eigenvalue weighted by molar-refractivity contribution is 0.105. The molecule has 0 radical (unpaired) electrons. The molecule has 2 unspecified atom stereocenters. The molecule has 1 aromatic carbocycles. The average molecular weight is 218 g/mol. The molecule has 2 rings (SSSR count). The zero-order valence-electron chi connectivity index (χ0n) is 10.5. The van der Waals surface area contributed by atoms with Gasteiger partial charge in [0.25, 0.3) is 0 Å². The summed E-state index contributed by atoms with van der Waals surface area (Å²) in [5.74, 6) is 1.23. The highest BCUT2D eigenvalue weighted by Gasteiger charge is 2.32. The van der Waals surface area contributed by atoms with Crippen LogP contribution in [0.15, 0.2) is 18.2 Å². The number of hydrogen-bond donors (Lipinski definition) is 1. The minimum atomic E-state index is -0.174. The van der Waals surface area contributed by atoms with E-state index in [1.165, 1.54) is 29.5 Å². The number of aliphatic hydroxyl groups excluding tert-OH is 1. The van der Waals surface area contributed by atoms with E-state index in [1.54, 1.807) is 0 Å². The van der Waals surface area contributed by atoms with Crippen molar-refractivity contribution in [3.63, 3.8) is 0 Å². The number of rotatable bonds is 4. The highest BCUT2D eigenvalue weighted by Crippen LogP contribution is 2.39. The molecule has 16 heavy (non-hydrogen) atoms. The molecule has 0 amide bonds. The average Bonchev–Trinajstić information content (AvgIpc) is 3.06. The number of hydrogen-bond acceptors (Lipinski definition) is 1. The summed E-state index contributed by atoms with van der Waals surface area (Å²) in [4.78, 5) is 0. The van der Waals surface area contributed by atoms with E-state index in [0.717, 1.165) is 12.3 Å². The molecular formula is C15H22O. The Labute approximate surface area is 98.5 Å². The third kappa shape index (κ3) is 2.46. The third-order valence-corrected chi connectivity index (χ3v) is 4.03. The molecule has 1 aliphatic rings. The Balaban J connectivity index is 2.07. The SMILES string of the molecule is Cc1cccc(C)c1CC(O)C(C)C1CC1. The first-order valence-corrected chi connectivity index (χ1v) is 6.32. The quantitative estimate of drug-likeness (QED) is 0.822. The van der Waals surface area contributed by atoms with Crippen LogP contribution in [0.5, 0.6) is 0 Å². The van der Waals surface area contributed by atoms with Crippen LogP contribution in [0.3, 0.4) is 0 Å². The summed E-state index contributed by atoms with van der Waals surface area (Å²) in [6.45, 7) is 6.46. The first kappa shape index (κ1) is 11.7. The third-order valence-electron chi connectivity index (χ3n) is 4.03. The lowest BCUT2D eigenvalue weighted by Gasteiger charge is -2.20. The van der Waals surface area contributed by atoms with Crippen LogP contribution < -0.4 is 0 Å². The summed E-state index contributed by atoms with van der Waals surface area (Å²) in [5, 5.41) is 10.2. The Morgan fingerprint density at radius 2 is 1.81 bits per heavy atom. The molecule has 0 heterocycles. The Kier molecular flexibility index (Phi) is 3.34. The maximum atomic E-state index is 10.2. The van der Waals surface area contributed by atoms with Crippen LogP contribution in [0, 0.1) is 25.7 Å². The van der Waals surface area contributed by atoms with Crippen LogP contribution in [0.4, 0.5) is 0 Å². The van der Waals surface area contributed by atoms with Crippen molar-refractivity contribution in [2.45, 2.75) is 46.1 Å². The lowest BCUT2D eigenvalue weighted by atomic mass is 9.90. The minimum absolute atomic E-state index is 0.174. The Bertz CT molecular complexity index is 345. The molecular weight excluding hydrogens is 196 g/mol. The number of benzene rings is 1. The van der Waals surface area contributed by atoms with E-state index >= 15 is 0 Å². The van der Waals surface area contributed by atoms with Gasteiger partial charge in [-0.3, -0.25) is 0 Å². The van der Waals surface area contributed by atoms with Crippen LogP contribution in [0.1, 0.15) is 36.5 Å². The van der Waals surface area contributed by atoms with Crippen molar-refractivity contribution >= 4 is 0 Å². The summed E-state index contributed by atoms with van der Waals surface area (Å²) < 4.78 is 0. The zero-order chi connectivity index (χ0) is 11.7. The molecule has 1 N–H and O–H groups in total. The molecule has 0 aromatic heterocycles. The Morgan fingerprint density at radius 1 is 1.25 bits per heavy atom. The second-order valence-corrected chi connectivity index (χ2v) is 5.34. The number of aryl methyl sites for hydroxylation is 2. The lowest BCUT2D eigenvalue weighted by Crippen LogP contribution is -2.22. The molecule has 1 saturated carbocycles. The van der Waals surface area contributed by atoms with Crippen molar-refractivity contribution in [1.29, 1.82) is 0 Å². The predicted molar refractivity (Wildman–Crippen MR) is 67.5 cm³/mol. The van der Waals surface area contributed by atoms with Gasteiger partial charge >= 0.3 is 0 Å². The van der Waals surface area contributed by atoms with E-state index in [0.29, 0.717) is 5.92 Å². The fraction of sp³-hybridized carbons (Fsp3) is 0.600. The number of aliphatic hydroxyl groups is 1. The summed E-state index contributed by atoms with van der Waals surface area (Å²) in [6, 6.07) is 6.36. The van der Waals surface area contributed by atoms with Crippen molar-refractivity contribution in [3.8, 4) is 0 Å². The van der Waals surface area contributed by atoms with Crippen molar-refractivity contribution in [2.75, 3.05) is 0 Å². The van der Waals surface area contributed by atoms with Gasteiger partial charge in [-0.2, -0.15) is 0 Å². The van der Waals surface area contributed by atoms with Crippen LogP contribution in [0.25, 0.3) is 0 Å². The van der Waals surface area contributed by atoms with Gasteiger partial charge in [-0.25, -0.2) is 0 Å². The van der Waals surface area contributed by atoms with Crippen molar-refractivity contribution in [3.05, 3.63) is 34.9 Å². The summed E-state index contributed by atoms with van der Waals surface area (Å²) in [6.07, 6.45) is 3.26. The van der Waals surface area contributed by atoms with Gasteiger partial charge in [-0.05, 0) is 61.6 Å². The standard InChI is InChI=1S/C15H22O/c1-10-5-4-6-11(2)14(10)9-15(16)12(3)13-7-8-13/h4-6,12-13,15-16H,7-9H2,1-3H3. The van der Waals surface area contributed by atoms with Gasteiger partial charge in [-0.1, -0.05) is 25.1 Å². The fourth-order valence-corrected chi connectivity index (χ4v) is 2.50. The highest BCUT2D eigenvalue weighted by atomic mass is 16.3. The largest absolute Gasteiger partial charge is 0.392 e. The molecule has 88 valence electrons. The monoisotopic (exact) mass is 218 g/mol. The van der Waals surface area contributed by atoms with E-state index < -0.39 is 0 Å². The molecule has 0 saturated heterocycles. The van der Waals surface area contributed by atoms with Crippen molar-refractivity contribution in [1.82, 2.24) is 0 Å². The summed E-state index contributed by atoms with van der Waals surface area (Å²) in [7, 11) is 0. The van der Waals surface area contributed by atoms with Gasteiger partial charge in [0.15, 0.2) is 0 Å². The fourth-order valence-electron chi connectivity index (χ4n) is 2.50. The highest BCUT2D eigenvalue weighted by molar-refractivity contribution is 5.34. The van der Waals surface area contributed by atoms with E-state index in [-0.39, 0.29) is 6.10 Å².